The van der Waals surface area contributed by atoms with Crippen molar-refractivity contribution in [3.05, 3.63) is 0 Å². The number of hydrogen-bond donors (Lipinski definition) is 1. The van der Waals surface area contributed by atoms with E-state index in [1.807, 2.05) is 0 Å². The third kappa shape index (κ3) is 3.75. The van der Waals surface area contributed by atoms with Crippen molar-refractivity contribution in [1.82, 2.24) is 4.90 Å². The van der Waals surface area contributed by atoms with Crippen molar-refractivity contribution in [2.75, 3.05) is 31.1 Å². The molecule has 0 aromatic rings. The molecule has 13 heavy (non-hydrogen) atoms. The van der Waals surface area contributed by atoms with Gasteiger partial charge in [0.2, 0.25) is 0 Å². The second kappa shape index (κ2) is 5.73. The van der Waals surface area contributed by atoms with E-state index < -0.39 is 10.8 Å². The quantitative estimate of drug-likeness (QED) is 0.713. The molecule has 0 spiro atoms. The molecule has 1 fully saturated rings. The predicted molar refractivity (Wildman–Crippen MR) is 57.2 cm³/mol. The largest absolute Gasteiger partial charge is 0.330 e. The van der Waals surface area contributed by atoms with Crippen molar-refractivity contribution in [3.63, 3.8) is 0 Å². The number of nitrogens with two attached hydrogens (primary N) is 1. The first-order chi connectivity index (χ1) is 6.24. The number of hydrogen-bond acceptors (Lipinski definition) is 3. The van der Waals surface area contributed by atoms with Gasteiger partial charge in [0.15, 0.2) is 0 Å². The second-order valence-electron chi connectivity index (χ2n) is 3.66. The van der Waals surface area contributed by atoms with Gasteiger partial charge in [-0.05, 0) is 32.9 Å². The highest BCUT2D eigenvalue weighted by molar-refractivity contribution is 7.85. The van der Waals surface area contributed by atoms with Gasteiger partial charge in [0.05, 0.1) is 0 Å². The van der Waals surface area contributed by atoms with Crippen LogP contribution in [0.1, 0.15) is 19.8 Å². The Bertz CT molecular complexity index is 175. The summed E-state index contributed by atoms with van der Waals surface area (Å²) in [4.78, 5) is 2.41. The Balaban J connectivity index is 2.36. The fourth-order valence-corrected chi connectivity index (χ4v) is 2.82. The lowest BCUT2D eigenvalue weighted by Crippen LogP contribution is -2.36. The summed E-state index contributed by atoms with van der Waals surface area (Å²) in [5.41, 5.74) is 5.52. The van der Waals surface area contributed by atoms with Gasteiger partial charge in [-0.15, -0.1) is 0 Å². The molecule has 0 aromatic heterocycles. The van der Waals surface area contributed by atoms with Crippen molar-refractivity contribution in [1.29, 1.82) is 0 Å². The van der Waals surface area contributed by atoms with E-state index in [0.717, 1.165) is 44.0 Å². The molecule has 1 saturated heterocycles. The van der Waals surface area contributed by atoms with Gasteiger partial charge in [-0.3, -0.25) is 9.11 Å². The molecule has 0 saturated carbocycles. The van der Waals surface area contributed by atoms with Crippen molar-refractivity contribution in [3.8, 4) is 0 Å². The van der Waals surface area contributed by atoms with E-state index in [-0.39, 0.29) is 0 Å². The molecule has 4 heteroatoms. The van der Waals surface area contributed by atoms with E-state index in [1.165, 1.54) is 0 Å². The molecular weight excluding hydrogens is 184 g/mol. The Hall–Kier alpha value is 0.0700. The summed E-state index contributed by atoms with van der Waals surface area (Å²) in [5, 5.41) is 0. The number of nitrogens with zero attached hydrogens (tertiary/aromatic N) is 1. The minimum atomic E-state index is -0.572. The molecule has 1 aliphatic rings. The Morgan fingerprint density at radius 1 is 1.46 bits per heavy atom. The van der Waals surface area contributed by atoms with Crippen LogP contribution in [0.5, 0.6) is 0 Å². The van der Waals surface area contributed by atoms with E-state index in [0.29, 0.717) is 6.04 Å². The molecule has 78 valence electrons. The van der Waals surface area contributed by atoms with Crippen molar-refractivity contribution < 1.29 is 4.21 Å². The Labute approximate surface area is 83.1 Å². The second-order valence-corrected chi connectivity index (χ2v) is 5.36. The highest BCUT2D eigenvalue weighted by Crippen LogP contribution is 2.08. The van der Waals surface area contributed by atoms with Gasteiger partial charge >= 0.3 is 0 Å². The van der Waals surface area contributed by atoms with E-state index >= 15 is 0 Å². The molecule has 2 atom stereocenters. The topological polar surface area (TPSA) is 46.3 Å². The van der Waals surface area contributed by atoms with Crippen LogP contribution in [0.3, 0.4) is 0 Å². The molecule has 2 unspecified atom stereocenters. The van der Waals surface area contributed by atoms with Crippen LogP contribution in [-0.2, 0) is 10.8 Å². The van der Waals surface area contributed by atoms with Crippen LogP contribution in [0.4, 0.5) is 0 Å². The third-order valence-electron chi connectivity index (χ3n) is 2.63. The normalized spacial score (nSPS) is 28.3. The van der Waals surface area contributed by atoms with Crippen molar-refractivity contribution >= 4 is 10.8 Å². The molecule has 3 nitrogen and oxygen atoms in total. The van der Waals surface area contributed by atoms with Crippen LogP contribution in [0, 0.1) is 0 Å². The van der Waals surface area contributed by atoms with Gasteiger partial charge in [0.1, 0.15) is 0 Å². The lowest BCUT2D eigenvalue weighted by molar-refractivity contribution is 0.217. The minimum absolute atomic E-state index is 0.556. The van der Waals surface area contributed by atoms with Crippen molar-refractivity contribution in [2.45, 2.75) is 25.8 Å². The molecule has 0 radical (unpaired) electrons. The van der Waals surface area contributed by atoms with E-state index in [9.17, 15) is 4.21 Å². The average Bonchev–Trinajstić information content (AvgIpc) is 2.30. The van der Waals surface area contributed by atoms with E-state index in [1.54, 1.807) is 0 Å². The molecular formula is C9H20N2OS. The SMILES string of the molecule is CC(CCN)N1CCCS(=O)CC1. The standard InChI is InChI=1S/C9H20N2OS/c1-9(3-4-10)11-5-2-7-13(12)8-6-11/h9H,2-8,10H2,1H3. The predicted octanol–water partition coefficient (Wildman–Crippen LogP) is 0.178. The maximum atomic E-state index is 11.3. The average molecular weight is 204 g/mol. The Kier molecular flexibility index (Phi) is 4.91. The molecule has 0 aliphatic carbocycles. The van der Waals surface area contributed by atoms with Gasteiger partial charge in [0.25, 0.3) is 0 Å². The van der Waals surface area contributed by atoms with Crippen LogP contribution >= 0.6 is 0 Å². The van der Waals surface area contributed by atoms with Crippen molar-refractivity contribution in [2.24, 2.45) is 5.73 Å². The fourth-order valence-electron chi connectivity index (χ4n) is 1.73. The van der Waals surface area contributed by atoms with Crippen LogP contribution in [0.15, 0.2) is 0 Å². The van der Waals surface area contributed by atoms with Crippen LogP contribution in [0.2, 0.25) is 0 Å². The zero-order valence-corrected chi connectivity index (χ0v) is 9.18. The molecule has 0 bridgehead atoms. The zero-order valence-electron chi connectivity index (χ0n) is 8.37. The summed E-state index contributed by atoms with van der Waals surface area (Å²) in [6.45, 7) is 5.03. The fraction of sp³-hybridized carbons (Fsp3) is 1.00. The first-order valence-electron chi connectivity index (χ1n) is 5.03. The maximum Gasteiger partial charge on any atom is 0.0362 e. The van der Waals surface area contributed by atoms with Gasteiger partial charge < -0.3 is 5.73 Å². The highest BCUT2D eigenvalue weighted by Gasteiger charge is 2.17. The Morgan fingerprint density at radius 3 is 2.92 bits per heavy atom. The highest BCUT2D eigenvalue weighted by atomic mass is 32.2. The third-order valence-corrected chi connectivity index (χ3v) is 4.01. The summed E-state index contributed by atoms with van der Waals surface area (Å²) < 4.78 is 11.3. The summed E-state index contributed by atoms with van der Waals surface area (Å²) >= 11 is 0. The van der Waals surface area contributed by atoms with Gasteiger partial charge in [0, 0.05) is 34.9 Å². The van der Waals surface area contributed by atoms with E-state index in [4.69, 9.17) is 5.73 Å². The lowest BCUT2D eigenvalue weighted by atomic mass is 10.2. The molecule has 2 N–H and O–H groups in total. The molecule has 0 aromatic carbocycles. The zero-order chi connectivity index (χ0) is 9.68. The molecule has 0 amide bonds. The minimum Gasteiger partial charge on any atom is -0.330 e. The monoisotopic (exact) mass is 204 g/mol. The summed E-state index contributed by atoms with van der Waals surface area (Å²) in [5.74, 6) is 1.72. The van der Waals surface area contributed by atoms with Gasteiger partial charge in [-0.1, -0.05) is 0 Å². The summed E-state index contributed by atoms with van der Waals surface area (Å²) in [6, 6.07) is 0.556. The molecule has 1 heterocycles. The number of rotatable bonds is 3. The van der Waals surface area contributed by atoms with Crippen LogP contribution in [-0.4, -0.2) is 46.3 Å². The van der Waals surface area contributed by atoms with Crippen LogP contribution in [0.25, 0.3) is 0 Å². The summed E-state index contributed by atoms with van der Waals surface area (Å²) in [6.07, 6.45) is 2.12. The van der Waals surface area contributed by atoms with Crippen LogP contribution < -0.4 is 5.73 Å². The Morgan fingerprint density at radius 2 is 2.23 bits per heavy atom. The smallest absolute Gasteiger partial charge is 0.0362 e. The maximum absolute atomic E-state index is 11.3. The summed E-state index contributed by atoms with van der Waals surface area (Å²) in [7, 11) is -0.572. The molecule has 1 rings (SSSR count). The first-order valence-corrected chi connectivity index (χ1v) is 6.52. The molecule has 1 aliphatic heterocycles. The van der Waals surface area contributed by atoms with Gasteiger partial charge in [-0.2, -0.15) is 0 Å². The van der Waals surface area contributed by atoms with Gasteiger partial charge in [-0.25, -0.2) is 0 Å². The van der Waals surface area contributed by atoms with E-state index in [2.05, 4.69) is 11.8 Å². The first kappa shape index (κ1) is 11.1. The lowest BCUT2D eigenvalue weighted by Gasteiger charge is -2.26.